The van der Waals surface area contributed by atoms with Crippen molar-refractivity contribution >= 4 is 5.97 Å². The number of allylic oxidation sites excluding steroid dienone is 1. The summed E-state index contributed by atoms with van der Waals surface area (Å²) in [6.07, 6.45) is 11.0. The second-order valence-electron chi connectivity index (χ2n) is 3.62. The molecule has 0 fully saturated rings. The molecule has 0 spiro atoms. The van der Waals surface area contributed by atoms with E-state index in [-0.39, 0.29) is 0 Å². The molecular weight excluding hydrogens is 204 g/mol. The van der Waals surface area contributed by atoms with E-state index in [1.165, 1.54) is 19.4 Å². The predicted octanol–water partition coefficient (Wildman–Crippen LogP) is 2.46. The SMILES string of the molecule is CC(=O)O.CC=CN1C=CN(CCCC)C1. The molecule has 0 saturated heterocycles. The summed E-state index contributed by atoms with van der Waals surface area (Å²) in [6.45, 7) is 7.55. The number of carbonyl (C=O) groups is 1. The molecule has 0 bridgehead atoms. The van der Waals surface area contributed by atoms with Gasteiger partial charge in [0.25, 0.3) is 5.97 Å². The first-order valence-electron chi connectivity index (χ1n) is 5.60. The molecule has 92 valence electrons. The maximum Gasteiger partial charge on any atom is 0.300 e. The fourth-order valence-corrected chi connectivity index (χ4v) is 1.28. The highest BCUT2D eigenvalue weighted by Gasteiger charge is 2.07. The zero-order chi connectivity index (χ0) is 12.4. The molecule has 0 atom stereocenters. The van der Waals surface area contributed by atoms with Crippen LogP contribution in [0.15, 0.2) is 24.7 Å². The van der Waals surface area contributed by atoms with Gasteiger partial charge in [0.2, 0.25) is 0 Å². The van der Waals surface area contributed by atoms with Gasteiger partial charge in [0.1, 0.15) is 0 Å². The number of carboxylic acids is 1. The lowest BCUT2D eigenvalue weighted by molar-refractivity contribution is -0.134. The first kappa shape index (κ1) is 14.6. The molecule has 1 rings (SSSR count). The van der Waals surface area contributed by atoms with Crippen molar-refractivity contribution in [3.8, 4) is 0 Å². The van der Waals surface area contributed by atoms with Crippen molar-refractivity contribution < 1.29 is 9.90 Å². The lowest BCUT2D eigenvalue weighted by Crippen LogP contribution is -2.22. The van der Waals surface area contributed by atoms with Gasteiger partial charge >= 0.3 is 0 Å². The molecule has 16 heavy (non-hydrogen) atoms. The molecule has 1 heterocycles. The van der Waals surface area contributed by atoms with Crippen LogP contribution in [0.2, 0.25) is 0 Å². The smallest absolute Gasteiger partial charge is 0.300 e. The van der Waals surface area contributed by atoms with Crippen molar-refractivity contribution in [3.05, 3.63) is 24.7 Å². The van der Waals surface area contributed by atoms with Crippen molar-refractivity contribution in [1.29, 1.82) is 0 Å². The van der Waals surface area contributed by atoms with Crippen molar-refractivity contribution in [2.24, 2.45) is 0 Å². The third kappa shape index (κ3) is 7.91. The van der Waals surface area contributed by atoms with Gasteiger partial charge in [-0.05, 0) is 13.3 Å². The van der Waals surface area contributed by atoms with E-state index in [1.807, 2.05) is 6.92 Å². The van der Waals surface area contributed by atoms with Crippen LogP contribution in [0.5, 0.6) is 0 Å². The molecule has 0 radical (unpaired) electrons. The number of hydrogen-bond acceptors (Lipinski definition) is 3. The van der Waals surface area contributed by atoms with Crippen molar-refractivity contribution in [1.82, 2.24) is 9.80 Å². The van der Waals surface area contributed by atoms with Crippen molar-refractivity contribution in [3.63, 3.8) is 0 Å². The first-order chi connectivity index (χ1) is 7.60. The Bertz CT molecular complexity index is 245. The van der Waals surface area contributed by atoms with E-state index < -0.39 is 5.97 Å². The Labute approximate surface area is 97.8 Å². The summed E-state index contributed by atoms with van der Waals surface area (Å²) in [5.74, 6) is -0.833. The standard InChI is InChI=1S/C10H18N2.C2H4O2/c1-3-5-7-12-9-8-11(10-12)6-4-2;1-2(3)4/h4,6,8-9H,3,5,7,10H2,1-2H3;1H3,(H,3,4). The van der Waals surface area contributed by atoms with Crippen molar-refractivity contribution in [2.45, 2.75) is 33.6 Å². The maximum atomic E-state index is 9.00. The van der Waals surface area contributed by atoms with Gasteiger partial charge in [0, 0.05) is 32.1 Å². The molecule has 0 unspecified atom stereocenters. The Morgan fingerprint density at radius 3 is 2.62 bits per heavy atom. The highest BCUT2D eigenvalue weighted by molar-refractivity contribution is 5.62. The molecule has 4 heteroatoms. The van der Waals surface area contributed by atoms with E-state index >= 15 is 0 Å². The van der Waals surface area contributed by atoms with Gasteiger partial charge in [-0.3, -0.25) is 4.79 Å². The molecule has 0 aliphatic carbocycles. The third-order valence-electron chi connectivity index (χ3n) is 1.95. The van der Waals surface area contributed by atoms with Gasteiger partial charge in [0.05, 0.1) is 6.67 Å². The minimum absolute atomic E-state index is 0.833. The van der Waals surface area contributed by atoms with Gasteiger partial charge in [-0.15, -0.1) is 0 Å². The Kier molecular flexibility index (Phi) is 8.03. The largest absolute Gasteiger partial charge is 0.481 e. The molecule has 1 aliphatic rings. The molecule has 0 amide bonds. The molecule has 1 N–H and O–H groups in total. The Hall–Kier alpha value is -1.45. The average molecular weight is 226 g/mol. The summed E-state index contributed by atoms with van der Waals surface area (Å²) < 4.78 is 0. The molecule has 0 aromatic rings. The highest BCUT2D eigenvalue weighted by Crippen LogP contribution is 2.07. The average Bonchev–Trinajstić information content (AvgIpc) is 2.62. The van der Waals surface area contributed by atoms with Gasteiger partial charge < -0.3 is 14.9 Å². The third-order valence-corrected chi connectivity index (χ3v) is 1.95. The summed E-state index contributed by atoms with van der Waals surface area (Å²) in [6, 6.07) is 0. The number of carboxylic acid groups (broad SMARTS) is 1. The van der Waals surface area contributed by atoms with Crippen LogP contribution in [0.25, 0.3) is 0 Å². The predicted molar refractivity (Wildman–Crippen MR) is 65.6 cm³/mol. The first-order valence-corrected chi connectivity index (χ1v) is 5.60. The number of aliphatic carboxylic acids is 1. The topological polar surface area (TPSA) is 43.8 Å². The van der Waals surface area contributed by atoms with Crippen LogP contribution in [-0.2, 0) is 4.79 Å². The van der Waals surface area contributed by atoms with Gasteiger partial charge in [-0.1, -0.05) is 19.4 Å². The summed E-state index contributed by atoms with van der Waals surface area (Å²) >= 11 is 0. The van der Waals surface area contributed by atoms with E-state index in [2.05, 4.69) is 41.4 Å². The van der Waals surface area contributed by atoms with Crippen LogP contribution in [0.4, 0.5) is 0 Å². The lowest BCUT2D eigenvalue weighted by Gasteiger charge is -2.17. The number of hydrogen-bond donors (Lipinski definition) is 1. The monoisotopic (exact) mass is 226 g/mol. The minimum Gasteiger partial charge on any atom is -0.481 e. The van der Waals surface area contributed by atoms with Gasteiger partial charge in [0.15, 0.2) is 0 Å². The normalized spacial score (nSPS) is 14.2. The Morgan fingerprint density at radius 1 is 1.50 bits per heavy atom. The molecular formula is C12H22N2O2. The quantitative estimate of drug-likeness (QED) is 0.799. The van der Waals surface area contributed by atoms with E-state index in [9.17, 15) is 0 Å². The molecule has 0 saturated carbocycles. The second-order valence-corrected chi connectivity index (χ2v) is 3.62. The van der Waals surface area contributed by atoms with E-state index in [1.54, 1.807) is 0 Å². The van der Waals surface area contributed by atoms with Gasteiger partial charge in [-0.2, -0.15) is 0 Å². The summed E-state index contributed by atoms with van der Waals surface area (Å²) in [7, 11) is 0. The fraction of sp³-hybridized carbons (Fsp3) is 0.583. The van der Waals surface area contributed by atoms with Crippen LogP contribution in [0, 0.1) is 0 Å². The maximum absolute atomic E-state index is 9.00. The minimum atomic E-state index is -0.833. The number of unbranched alkanes of at least 4 members (excludes halogenated alkanes) is 1. The summed E-state index contributed by atoms with van der Waals surface area (Å²) in [5, 5.41) is 7.42. The van der Waals surface area contributed by atoms with E-state index in [4.69, 9.17) is 9.90 Å². The van der Waals surface area contributed by atoms with E-state index in [0.29, 0.717) is 0 Å². The van der Waals surface area contributed by atoms with E-state index in [0.717, 1.165) is 13.6 Å². The second kappa shape index (κ2) is 8.83. The summed E-state index contributed by atoms with van der Waals surface area (Å²) in [5.41, 5.74) is 0. The molecule has 0 aromatic carbocycles. The summed E-state index contributed by atoms with van der Waals surface area (Å²) in [4.78, 5) is 13.5. The van der Waals surface area contributed by atoms with Crippen LogP contribution in [0.3, 0.4) is 0 Å². The molecule has 1 aliphatic heterocycles. The van der Waals surface area contributed by atoms with Gasteiger partial charge in [-0.25, -0.2) is 0 Å². The lowest BCUT2D eigenvalue weighted by atomic mass is 10.3. The van der Waals surface area contributed by atoms with Crippen LogP contribution in [0.1, 0.15) is 33.6 Å². The zero-order valence-corrected chi connectivity index (χ0v) is 10.4. The highest BCUT2D eigenvalue weighted by atomic mass is 16.4. The van der Waals surface area contributed by atoms with Crippen LogP contribution >= 0.6 is 0 Å². The molecule has 4 nitrogen and oxygen atoms in total. The zero-order valence-electron chi connectivity index (χ0n) is 10.4. The van der Waals surface area contributed by atoms with Crippen LogP contribution < -0.4 is 0 Å². The number of rotatable bonds is 4. The molecule has 0 aromatic heterocycles. The Balaban J connectivity index is 0.000000487. The Morgan fingerprint density at radius 2 is 2.12 bits per heavy atom. The number of nitrogens with zero attached hydrogens (tertiary/aromatic N) is 2. The van der Waals surface area contributed by atoms with Crippen molar-refractivity contribution in [2.75, 3.05) is 13.2 Å². The fourth-order valence-electron chi connectivity index (χ4n) is 1.28. The van der Waals surface area contributed by atoms with Crippen LogP contribution in [-0.4, -0.2) is 34.1 Å².